The van der Waals surface area contributed by atoms with Gasteiger partial charge >= 0.3 is 0 Å². The Morgan fingerprint density at radius 3 is 2.50 bits per heavy atom. The minimum absolute atomic E-state index is 0.387. The highest BCUT2D eigenvalue weighted by atomic mass is 28.2. The molecule has 0 bridgehead atoms. The van der Waals surface area contributed by atoms with E-state index in [1.165, 1.54) is 0 Å². The lowest BCUT2D eigenvalue weighted by Gasteiger charge is -2.08. The van der Waals surface area contributed by atoms with Crippen LogP contribution in [0.5, 0.6) is 11.5 Å². The number of rotatable bonds is 4. The van der Waals surface area contributed by atoms with E-state index in [-0.39, 0.29) is 9.76 Å². The summed E-state index contributed by atoms with van der Waals surface area (Å²) >= 11 is 0. The van der Waals surface area contributed by atoms with Gasteiger partial charge < -0.3 is 9.16 Å². The average molecular weight is 182 g/mol. The first-order valence-corrected chi connectivity index (χ1v) is 5.72. The van der Waals surface area contributed by atoms with Gasteiger partial charge in [0.05, 0.1) is 7.11 Å². The molecule has 2 nitrogen and oxygen atoms in total. The van der Waals surface area contributed by atoms with Crippen molar-refractivity contribution in [3.63, 3.8) is 0 Å². The van der Waals surface area contributed by atoms with Gasteiger partial charge in [-0.1, -0.05) is 19.1 Å². The van der Waals surface area contributed by atoms with Gasteiger partial charge in [0.25, 0.3) is 0 Å². The molecule has 0 aromatic heterocycles. The SMILES string of the molecule is CC[SiH2]Oc1ccccc1OC. The third-order valence-corrected chi connectivity index (χ3v) is 2.45. The molecular formula is C9H14O2Si. The van der Waals surface area contributed by atoms with Crippen LogP contribution >= 0.6 is 0 Å². The third kappa shape index (κ3) is 2.27. The summed E-state index contributed by atoms with van der Waals surface area (Å²) in [4.78, 5) is 0. The number of hydrogen-bond donors (Lipinski definition) is 0. The quantitative estimate of drug-likeness (QED) is 0.658. The second-order valence-corrected chi connectivity index (χ2v) is 4.20. The minimum atomic E-state index is -0.387. The lowest BCUT2D eigenvalue weighted by Crippen LogP contribution is -2.00. The highest BCUT2D eigenvalue weighted by molar-refractivity contribution is 6.28. The van der Waals surface area contributed by atoms with Crippen molar-refractivity contribution < 1.29 is 9.16 Å². The fraction of sp³-hybridized carbons (Fsp3) is 0.333. The van der Waals surface area contributed by atoms with Crippen LogP contribution in [0, 0.1) is 0 Å². The molecule has 66 valence electrons. The Morgan fingerprint density at radius 2 is 1.92 bits per heavy atom. The summed E-state index contributed by atoms with van der Waals surface area (Å²) in [5.41, 5.74) is 0. The van der Waals surface area contributed by atoms with Crippen LogP contribution in [-0.2, 0) is 0 Å². The van der Waals surface area contributed by atoms with Gasteiger partial charge in [-0.3, -0.25) is 0 Å². The van der Waals surface area contributed by atoms with E-state index in [0.717, 1.165) is 17.5 Å². The monoisotopic (exact) mass is 182 g/mol. The number of methoxy groups -OCH3 is 1. The Kier molecular flexibility index (Phi) is 3.67. The van der Waals surface area contributed by atoms with E-state index in [1.54, 1.807) is 7.11 Å². The summed E-state index contributed by atoms with van der Waals surface area (Å²) in [6.07, 6.45) is 0. The minimum Gasteiger partial charge on any atom is -0.547 e. The lowest BCUT2D eigenvalue weighted by atomic mass is 10.3. The van der Waals surface area contributed by atoms with Gasteiger partial charge in [0.15, 0.2) is 5.75 Å². The van der Waals surface area contributed by atoms with E-state index in [9.17, 15) is 0 Å². The second-order valence-electron chi connectivity index (χ2n) is 2.50. The summed E-state index contributed by atoms with van der Waals surface area (Å²) in [5.74, 6) is 1.71. The number of para-hydroxylation sites is 2. The zero-order valence-electron chi connectivity index (χ0n) is 7.54. The fourth-order valence-corrected chi connectivity index (χ4v) is 1.61. The van der Waals surface area contributed by atoms with Gasteiger partial charge in [0.1, 0.15) is 5.75 Å². The molecular weight excluding hydrogens is 168 g/mol. The van der Waals surface area contributed by atoms with Gasteiger partial charge in [-0.05, 0) is 18.2 Å². The molecule has 3 heteroatoms. The Morgan fingerprint density at radius 1 is 1.25 bits per heavy atom. The first-order valence-electron chi connectivity index (χ1n) is 4.14. The Hall–Kier alpha value is -0.963. The maximum absolute atomic E-state index is 5.59. The predicted octanol–water partition coefficient (Wildman–Crippen LogP) is 1.60. The molecule has 0 N–H and O–H groups in total. The van der Waals surface area contributed by atoms with Crippen molar-refractivity contribution >= 4 is 9.76 Å². The van der Waals surface area contributed by atoms with Gasteiger partial charge in [0.2, 0.25) is 9.76 Å². The molecule has 0 radical (unpaired) electrons. The molecule has 0 aliphatic carbocycles. The van der Waals surface area contributed by atoms with Crippen LogP contribution in [0.2, 0.25) is 6.04 Å². The zero-order valence-corrected chi connectivity index (χ0v) is 8.95. The lowest BCUT2D eigenvalue weighted by molar-refractivity contribution is 0.395. The summed E-state index contributed by atoms with van der Waals surface area (Å²) in [7, 11) is 1.28. The first kappa shape index (κ1) is 9.13. The summed E-state index contributed by atoms with van der Waals surface area (Å²) in [6, 6.07) is 8.92. The van der Waals surface area contributed by atoms with Crippen molar-refractivity contribution in [3.05, 3.63) is 24.3 Å². The summed E-state index contributed by atoms with van der Waals surface area (Å²) < 4.78 is 10.7. The van der Waals surface area contributed by atoms with Crippen LogP contribution in [0.4, 0.5) is 0 Å². The maximum atomic E-state index is 5.59. The van der Waals surface area contributed by atoms with Crippen molar-refractivity contribution in [1.29, 1.82) is 0 Å². The summed E-state index contributed by atoms with van der Waals surface area (Å²) in [6.45, 7) is 2.14. The van der Waals surface area contributed by atoms with Crippen molar-refractivity contribution in [2.24, 2.45) is 0 Å². The van der Waals surface area contributed by atoms with Crippen molar-refractivity contribution in [2.75, 3.05) is 7.11 Å². The predicted molar refractivity (Wildman–Crippen MR) is 52.6 cm³/mol. The van der Waals surface area contributed by atoms with Crippen LogP contribution in [0.1, 0.15) is 6.92 Å². The number of hydrogen-bond acceptors (Lipinski definition) is 2. The molecule has 0 heterocycles. The molecule has 1 rings (SSSR count). The zero-order chi connectivity index (χ0) is 8.81. The van der Waals surface area contributed by atoms with E-state index in [2.05, 4.69) is 6.92 Å². The number of benzene rings is 1. The molecule has 0 unspecified atom stereocenters. The smallest absolute Gasteiger partial charge is 0.219 e. The van der Waals surface area contributed by atoms with Gasteiger partial charge in [-0.2, -0.15) is 0 Å². The molecule has 0 aliphatic rings. The molecule has 12 heavy (non-hydrogen) atoms. The molecule has 0 saturated carbocycles. The molecule has 1 aromatic carbocycles. The Labute approximate surface area is 75.5 Å². The molecule has 0 atom stereocenters. The summed E-state index contributed by atoms with van der Waals surface area (Å²) in [5, 5.41) is 0. The molecule has 0 fully saturated rings. The number of ether oxygens (including phenoxy) is 1. The molecule has 0 amide bonds. The van der Waals surface area contributed by atoms with E-state index in [1.807, 2.05) is 24.3 Å². The van der Waals surface area contributed by atoms with Gasteiger partial charge in [0, 0.05) is 0 Å². The maximum Gasteiger partial charge on any atom is 0.219 e. The standard InChI is InChI=1S/C9H14O2Si/c1-3-12-11-9-7-5-4-6-8(9)10-2/h4-7H,3,12H2,1-2H3. The molecule has 0 aliphatic heterocycles. The van der Waals surface area contributed by atoms with Crippen LogP contribution < -0.4 is 9.16 Å². The highest BCUT2D eigenvalue weighted by Gasteiger charge is 1.99. The largest absolute Gasteiger partial charge is 0.547 e. The van der Waals surface area contributed by atoms with Crippen LogP contribution in [0.25, 0.3) is 0 Å². The molecule has 0 spiro atoms. The fourth-order valence-electron chi connectivity index (χ4n) is 0.950. The van der Waals surface area contributed by atoms with Crippen LogP contribution in [-0.4, -0.2) is 16.9 Å². The van der Waals surface area contributed by atoms with E-state index < -0.39 is 0 Å². The van der Waals surface area contributed by atoms with E-state index >= 15 is 0 Å². The third-order valence-electron chi connectivity index (χ3n) is 1.53. The van der Waals surface area contributed by atoms with Crippen molar-refractivity contribution in [1.82, 2.24) is 0 Å². The first-order chi connectivity index (χ1) is 5.88. The van der Waals surface area contributed by atoms with Crippen molar-refractivity contribution in [2.45, 2.75) is 13.0 Å². The Bertz CT molecular complexity index is 238. The van der Waals surface area contributed by atoms with Gasteiger partial charge in [-0.25, -0.2) is 0 Å². The van der Waals surface area contributed by atoms with Gasteiger partial charge in [-0.15, -0.1) is 0 Å². The van der Waals surface area contributed by atoms with Crippen LogP contribution in [0.15, 0.2) is 24.3 Å². The van der Waals surface area contributed by atoms with Crippen LogP contribution in [0.3, 0.4) is 0 Å². The molecule has 0 saturated heterocycles. The topological polar surface area (TPSA) is 18.5 Å². The second kappa shape index (κ2) is 4.82. The van der Waals surface area contributed by atoms with E-state index in [0.29, 0.717) is 0 Å². The van der Waals surface area contributed by atoms with Crippen molar-refractivity contribution in [3.8, 4) is 11.5 Å². The average Bonchev–Trinajstić information content (AvgIpc) is 2.15. The molecule has 1 aromatic rings. The highest BCUT2D eigenvalue weighted by Crippen LogP contribution is 2.25. The normalized spacial score (nSPS) is 10.5. The van der Waals surface area contributed by atoms with E-state index in [4.69, 9.17) is 9.16 Å². The Balaban J connectivity index is 2.68.